The number of benzene rings is 1. The van der Waals surface area contributed by atoms with E-state index in [0.29, 0.717) is 41.6 Å². The number of rotatable bonds is 6. The topological polar surface area (TPSA) is 151 Å². The molecule has 11 nitrogen and oxygen atoms in total. The number of fused-ring (bicyclic) bond motifs is 2. The third kappa shape index (κ3) is 4.09. The van der Waals surface area contributed by atoms with Gasteiger partial charge in [0.15, 0.2) is 17.4 Å². The molecule has 184 valence electrons. The average Bonchev–Trinajstić information content (AvgIpc) is 3.38. The first-order chi connectivity index (χ1) is 17.2. The first-order valence-corrected chi connectivity index (χ1v) is 11.4. The number of guanidine groups is 1. The van der Waals surface area contributed by atoms with Crippen molar-refractivity contribution in [2.24, 2.45) is 5.73 Å². The van der Waals surface area contributed by atoms with E-state index in [4.69, 9.17) is 11.1 Å². The lowest BCUT2D eigenvalue weighted by Gasteiger charge is -2.18. The minimum Gasteiger partial charge on any atom is -0.384 e. The van der Waals surface area contributed by atoms with Crippen LogP contribution in [0.4, 0.5) is 11.6 Å². The molecule has 0 fully saturated rings. The van der Waals surface area contributed by atoms with Crippen LogP contribution in [-0.4, -0.2) is 40.3 Å². The lowest BCUT2D eigenvalue weighted by atomic mass is 10.1. The Labute approximate surface area is 207 Å². The molecule has 1 aliphatic rings. The second-order valence-electron chi connectivity index (χ2n) is 9.21. The lowest BCUT2D eigenvalue weighted by Crippen LogP contribution is -2.31. The van der Waals surface area contributed by atoms with Crippen LogP contribution in [0.5, 0.6) is 0 Å². The molecule has 4 heterocycles. The average molecular weight is 486 g/mol. The van der Waals surface area contributed by atoms with Crippen LogP contribution < -0.4 is 16.6 Å². The van der Waals surface area contributed by atoms with E-state index in [1.807, 2.05) is 18.2 Å². The summed E-state index contributed by atoms with van der Waals surface area (Å²) in [5.74, 6) is 0.792. The summed E-state index contributed by atoms with van der Waals surface area (Å²) in [6.07, 6.45) is 3.12. The molecule has 5 rings (SSSR count). The number of pyridine rings is 1. The quantitative estimate of drug-likeness (QED) is 0.185. The maximum Gasteiger partial charge on any atom is 0.278 e. The largest absolute Gasteiger partial charge is 0.384 e. The zero-order valence-electron chi connectivity index (χ0n) is 20.1. The van der Waals surface area contributed by atoms with E-state index in [1.165, 1.54) is 10.9 Å². The number of hydrogen-bond donors (Lipinski definition) is 4. The van der Waals surface area contributed by atoms with Crippen molar-refractivity contribution in [1.82, 2.24) is 29.2 Å². The van der Waals surface area contributed by atoms with Crippen molar-refractivity contribution in [3.63, 3.8) is 0 Å². The number of aliphatic hydroxyl groups is 1. The van der Waals surface area contributed by atoms with Crippen molar-refractivity contribution in [2.45, 2.75) is 39.1 Å². The molecule has 1 aliphatic heterocycles. The number of nitrogens with one attached hydrogen (secondary N) is 2. The fraction of sp³-hybridized carbons (Fsp3) is 0.240. The highest BCUT2D eigenvalue weighted by molar-refractivity contribution is 5.77. The number of nitrogens with two attached hydrogens (primary N) is 1. The summed E-state index contributed by atoms with van der Waals surface area (Å²) < 4.78 is 3.10. The zero-order valence-corrected chi connectivity index (χ0v) is 20.1. The van der Waals surface area contributed by atoms with Gasteiger partial charge in [-0.15, -0.1) is 6.58 Å². The van der Waals surface area contributed by atoms with Gasteiger partial charge in [0, 0.05) is 25.0 Å². The number of anilines is 2. The molecule has 1 aromatic carbocycles. The summed E-state index contributed by atoms with van der Waals surface area (Å²) in [7, 11) is 0. The molecule has 0 spiro atoms. The molecule has 36 heavy (non-hydrogen) atoms. The number of hydrogen-bond acceptors (Lipinski definition) is 7. The molecule has 0 bridgehead atoms. The van der Waals surface area contributed by atoms with Crippen LogP contribution in [0, 0.1) is 5.41 Å². The van der Waals surface area contributed by atoms with Crippen molar-refractivity contribution in [1.29, 1.82) is 5.41 Å². The molecular weight excluding hydrogens is 458 g/mol. The van der Waals surface area contributed by atoms with E-state index < -0.39 is 5.60 Å². The van der Waals surface area contributed by atoms with Gasteiger partial charge >= 0.3 is 0 Å². The molecule has 0 amide bonds. The number of allylic oxidation sites excluding steroid dienone is 1. The highest BCUT2D eigenvalue weighted by atomic mass is 16.3. The Morgan fingerprint density at radius 1 is 1.25 bits per heavy atom. The molecule has 0 aliphatic carbocycles. The Morgan fingerprint density at radius 3 is 2.75 bits per heavy atom. The van der Waals surface area contributed by atoms with Crippen LogP contribution in [0.15, 0.2) is 60.0 Å². The van der Waals surface area contributed by atoms with Gasteiger partial charge in [0.05, 0.1) is 12.2 Å². The third-order valence-electron chi connectivity index (χ3n) is 6.08. The normalized spacial score (nSPS) is 13.1. The fourth-order valence-electron chi connectivity index (χ4n) is 4.26. The van der Waals surface area contributed by atoms with Crippen molar-refractivity contribution in [2.75, 3.05) is 5.32 Å². The van der Waals surface area contributed by atoms with Crippen LogP contribution in [0.1, 0.15) is 30.7 Å². The summed E-state index contributed by atoms with van der Waals surface area (Å²) >= 11 is 0. The van der Waals surface area contributed by atoms with E-state index in [0.717, 1.165) is 16.8 Å². The van der Waals surface area contributed by atoms with Crippen LogP contribution in [-0.2, 0) is 25.2 Å². The van der Waals surface area contributed by atoms with Crippen molar-refractivity contribution in [3.05, 3.63) is 82.4 Å². The fourth-order valence-corrected chi connectivity index (χ4v) is 4.26. The minimum atomic E-state index is -1.16. The summed E-state index contributed by atoms with van der Waals surface area (Å²) in [6.45, 7) is 8.48. The minimum absolute atomic E-state index is 0.0405. The van der Waals surface area contributed by atoms with Gasteiger partial charge in [0.2, 0.25) is 5.95 Å². The molecular formula is C25H27N9O2. The van der Waals surface area contributed by atoms with E-state index >= 15 is 0 Å². The highest BCUT2D eigenvalue weighted by Gasteiger charge is 2.23. The van der Waals surface area contributed by atoms with Crippen LogP contribution in [0.3, 0.4) is 0 Å². The van der Waals surface area contributed by atoms with Gasteiger partial charge in [-0.1, -0.05) is 18.2 Å². The van der Waals surface area contributed by atoms with E-state index in [9.17, 15) is 9.90 Å². The Balaban J connectivity index is 1.57. The standard InChI is InChI=1S/C25H27N9O2/c1-4-10-33-22(35)18-12-28-24(29-17-9-8-15-13-32(23(26)27)14-16(15)11-17)31-21(18)34(33)20-7-5-6-19(30-20)25(2,3)36/h4-9,11-12,36H,1,10,13-14H2,2-3H3,(H3,26,27)(H,28,29,31). The second kappa shape index (κ2) is 8.61. The number of aromatic nitrogens is 5. The highest BCUT2D eigenvalue weighted by Crippen LogP contribution is 2.27. The van der Waals surface area contributed by atoms with Crippen LogP contribution in [0.25, 0.3) is 16.9 Å². The molecule has 5 N–H and O–H groups in total. The summed E-state index contributed by atoms with van der Waals surface area (Å²) in [5.41, 5.74) is 8.01. The molecule has 3 aromatic heterocycles. The second-order valence-corrected chi connectivity index (χ2v) is 9.21. The molecule has 0 unspecified atom stereocenters. The first kappa shape index (κ1) is 23.2. The molecule has 0 atom stereocenters. The summed E-state index contributed by atoms with van der Waals surface area (Å²) in [5, 5.41) is 21.7. The Morgan fingerprint density at radius 2 is 2.03 bits per heavy atom. The molecule has 0 radical (unpaired) electrons. The summed E-state index contributed by atoms with van der Waals surface area (Å²) in [6, 6.07) is 11.1. The van der Waals surface area contributed by atoms with E-state index in [2.05, 4.69) is 26.8 Å². The smallest absolute Gasteiger partial charge is 0.278 e. The Hall–Kier alpha value is -4.51. The Bertz CT molecular complexity index is 1560. The zero-order chi connectivity index (χ0) is 25.6. The van der Waals surface area contributed by atoms with Gasteiger partial charge in [-0.05, 0) is 49.2 Å². The van der Waals surface area contributed by atoms with Crippen molar-refractivity contribution in [3.8, 4) is 5.82 Å². The van der Waals surface area contributed by atoms with Gasteiger partial charge in [0.25, 0.3) is 5.56 Å². The van der Waals surface area contributed by atoms with E-state index in [1.54, 1.807) is 47.7 Å². The van der Waals surface area contributed by atoms with Gasteiger partial charge in [0.1, 0.15) is 11.0 Å². The first-order valence-electron chi connectivity index (χ1n) is 11.4. The monoisotopic (exact) mass is 485 g/mol. The van der Waals surface area contributed by atoms with Gasteiger partial charge in [-0.3, -0.25) is 10.2 Å². The molecule has 0 saturated carbocycles. The maximum atomic E-state index is 13.2. The van der Waals surface area contributed by atoms with Gasteiger partial charge in [-0.2, -0.15) is 4.98 Å². The van der Waals surface area contributed by atoms with Crippen LogP contribution >= 0.6 is 0 Å². The van der Waals surface area contributed by atoms with Crippen molar-refractivity contribution < 1.29 is 5.11 Å². The molecule has 0 saturated heterocycles. The predicted molar refractivity (Wildman–Crippen MR) is 137 cm³/mol. The lowest BCUT2D eigenvalue weighted by molar-refractivity contribution is 0.0738. The third-order valence-corrected chi connectivity index (χ3v) is 6.08. The van der Waals surface area contributed by atoms with Gasteiger partial charge < -0.3 is 21.1 Å². The van der Waals surface area contributed by atoms with Crippen LogP contribution in [0.2, 0.25) is 0 Å². The molecule has 4 aromatic rings. The Kier molecular flexibility index (Phi) is 5.56. The van der Waals surface area contributed by atoms with Crippen molar-refractivity contribution >= 4 is 28.6 Å². The van der Waals surface area contributed by atoms with Gasteiger partial charge in [-0.25, -0.2) is 19.3 Å². The van der Waals surface area contributed by atoms with E-state index in [-0.39, 0.29) is 18.1 Å². The predicted octanol–water partition coefficient (Wildman–Crippen LogP) is 2.34. The SMILES string of the molecule is C=CCn1c(=O)c2cnc(Nc3ccc4c(c3)CN(C(=N)N)C4)nc2n1-c1cccc(C(C)(C)O)n1. The maximum absolute atomic E-state index is 13.2. The molecule has 11 heteroatoms. The number of nitrogens with zero attached hydrogens (tertiary/aromatic N) is 6. The summed E-state index contributed by atoms with van der Waals surface area (Å²) in [4.78, 5) is 28.6.